The van der Waals surface area contributed by atoms with Crippen molar-refractivity contribution in [3.05, 3.63) is 75.3 Å². The number of hydrogen-bond donors (Lipinski definition) is 2. The van der Waals surface area contributed by atoms with Crippen molar-refractivity contribution in [1.29, 1.82) is 0 Å². The SMILES string of the molecule is Cc1ccc(/C(O)=C2\C(=O)C(=O)N(CCCO)C2c2ccc(Br)cc2)cc1. The van der Waals surface area contributed by atoms with Gasteiger partial charge in [-0.2, -0.15) is 0 Å². The Hall–Kier alpha value is -2.44. The van der Waals surface area contributed by atoms with E-state index >= 15 is 0 Å². The van der Waals surface area contributed by atoms with E-state index in [1.807, 2.05) is 43.3 Å². The number of aliphatic hydroxyl groups is 2. The molecule has 6 heteroatoms. The number of hydrogen-bond acceptors (Lipinski definition) is 4. The molecule has 27 heavy (non-hydrogen) atoms. The average molecular weight is 430 g/mol. The fourth-order valence-electron chi connectivity index (χ4n) is 3.21. The van der Waals surface area contributed by atoms with Gasteiger partial charge in [-0.05, 0) is 31.0 Å². The average Bonchev–Trinajstić information content (AvgIpc) is 2.91. The first-order chi connectivity index (χ1) is 12.9. The molecule has 3 rings (SSSR count). The molecular weight excluding hydrogens is 410 g/mol. The van der Waals surface area contributed by atoms with Gasteiger partial charge in [0, 0.05) is 23.2 Å². The zero-order valence-electron chi connectivity index (χ0n) is 14.9. The van der Waals surface area contributed by atoms with Crippen molar-refractivity contribution < 1.29 is 19.8 Å². The van der Waals surface area contributed by atoms with E-state index in [0.717, 1.165) is 15.6 Å². The summed E-state index contributed by atoms with van der Waals surface area (Å²) in [6.07, 6.45) is 0.352. The number of nitrogens with zero attached hydrogens (tertiary/aromatic N) is 1. The highest BCUT2D eigenvalue weighted by Gasteiger charge is 2.45. The summed E-state index contributed by atoms with van der Waals surface area (Å²) < 4.78 is 0.872. The van der Waals surface area contributed by atoms with Crippen LogP contribution in [0.5, 0.6) is 0 Å². The van der Waals surface area contributed by atoms with Crippen molar-refractivity contribution in [2.24, 2.45) is 0 Å². The third-order valence-electron chi connectivity index (χ3n) is 4.61. The third kappa shape index (κ3) is 3.82. The molecule has 1 atom stereocenters. The van der Waals surface area contributed by atoms with Gasteiger partial charge in [-0.25, -0.2) is 0 Å². The van der Waals surface area contributed by atoms with E-state index < -0.39 is 17.7 Å². The molecule has 1 unspecified atom stereocenters. The first-order valence-electron chi connectivity index (χ1n) is 8.66. The number of rotatable bonds is 5. The van der Waals surface area contributed by atoms with Gasteiger partial charge < -0.3 is 15.1 Å². The molecule has 140 valence electrons. The lowest BCUT2D eigenvalue weighted by atomic mass is 9.95. The minimum absolute atomic E-state index is 0.0733. The van der Waals surface area contributed by atoms with Crippen molar-refractivity contribution in [2.45, 2.75) is 19.4 Å². The Balaban J connectivity index is 2.14. The number of benzene rings is 2. The second-order valence-corrected chi connectivity index (χ2v) is 7.40. The van der Waals surface area contributed by atoms with Crippen LogP contribution in [0.1, 0.15) is 29.2 Å². The molecule has 1 saturated heterocycles. The lowest BCUT2D eigenvalue weighted by molar-refractivity contribution is -0.140. The molecule has 0 saturated carbocycles. The highest BCUT2D eigenvalue weighted by molar-refractivity contribution is 9.10. The van der Waals surface area contributed by atoms with Gasteiger partial charge in [-0.1, -0.05) is 57.9 Å². The maximum Gasteiger partial charge on any atom is 0.295 e. The van der Waals surface area contributed by atoms with Crippen molar-refractivity contribution in [3.8, 4) is 0 Å². The predicted molar refractivity (Wildman–Crippen MR) is 106 cm³/mol. The fraction of sp³-hybridized carbons (Fsp3) is 0.238. The number of aliphatic hydroxyl groups excluding tert-OH is 2. The number of ketones is 1. The van der Waals surface area contributed by atoms with Crippen LogP contribution in [0.2, 0.25) is 0 Å². The molecule has 0 spiro atoms. The zero-order chi connectivity index (χ0) is 19.6. The van der Waals surface area contributed by atoms with Crippen molar-refractivity contribution in [1.82, 2.24) is 4.90 Å². The van der Waals surface area contributed by atoms with Crippen molar-refractivity contribution >= 4 is 33.4 Å². The highest BCUT2D eigenvalue weighted by atomic mass is 79.9. The molecule has 1 fully saturated rings. The number of aryl methyl sites for hydroxylation is 1. The Morgan fingerprint density at radius 3 is 2.30 bits per heavy atom. The molecule has 0 aliphatic carbocycles. The topological polar surface area (TPSA) is 77.8 Å². The van der Waals surface area contributed by atoms with Crippen LogP contribution in [0, 0.1) is 6.92 Å². The largest absolute Gasteiger partial charge is 0.507 e. The molecule has 1 heterocycles. The number of carbonyl (C=O) groups excluding carboxylic acids is 2. The van der Waals surface area contributed by atoms with Crippen LogP contribution < -0.4 is 0 Å². The van der Waals surface area contributed by atoms with Crippen LogP contribution in [0.25, 0.3) is 5.76 Å². The van der Waals surface area contributed by atoms with Crippen LogP contribution in [0.15, 0.2) is 58.6 Å². The zero-order valence-corrected chi connectivity index (χ0v) is 16.4. The standard InChI is InChI=1S/C21H20BrNO4/c1-13-3-5-15(6-4-13)19(25)17-18(14-7-9-16(22)10-8-14)23(11-2-12-24)21(27)20(17)26/h3-10,18,24-25H,2,11-12H2,1H3/b19-17+. The van der Waals surface area contributed by atoms with Gasteiger partial charge in [0.15, 0.2) is 0 Å². The van der Waals surface area contributed by atoms with Crippen LogP contribution in [0.4, 0.5) is 0 Å². The van der Waals surface area contributed by atoms with Crippen LogP contribution in [0.3, 0.4) is 0 Å². The van der Waals surface area contributed by atoms with Crippen LogP contribution in [-0.2, 0) is 9.59 Å². The van der Waals surface area contributed by atoms with Crippen LogP contribution in [-0.4, -0.2) is 40.0 Å². The number of amides is 1. The number of carbonyl (C=O) groups is 2. The van der Waals surface area contributed by atoms with E-state index in [0.29, 0.717) is 12.0 Å². The first kappa shape index (κ1) is 19.3. The number of halogens is 1. The number of Topliss-reactive ketones (excluding diaryl/α,β-unsaturated/α-hetero) is 1. The molecule has 0 aromatic heterocycles. The van der Waals surface area contributed by atoms with Gasteiger partial charge in [0.05, 0.1) is 11.6 Å². The van der Waals surface area contributed by atoms with E-state index in [9.17, 15) is 14.7 Å². The van der Waals surface area contributed by atoms with Crippen molar-refractivity contribution in [2.75, 3.05) is 13.2 Å². The van der Waals surface area contributed by atoms with E-state index in [1.54, 1.807) is 12.1 Å². The molecule has 1 amide bonds. The Bertz CT molecular complexity index is 887. The molecular formula is C21H20BrNO4. The second-order valence-electron chi connectivity index (χ2n) is 6.49. The lowest BCUT2D eigenvalue weighted by Crippen LogP contribution is -2.31. The van der Waals surface area contributed by atoms with Gasteiger partial charge in [-0.15, -0.1) is 0 Å². The van der Waals surface area contributed by atoms with Crippen LogP contribution >= 0.6 is 15.9 Å². The monoisotopic (exact) mass is 429 g/mol. The summed E-state index contributed by atoms with van der Waals surface area (Å²) in [5.41, 5.74) is 2.32. The second kappa shape index (κ2) is 8.06. The van der Waals surface area contributed by atoms with Gasteiger partial charge in [0.1, 0.15) is 5.76 Å². The lowest BCUT2D eigenvalue weighted by Gasteiger charge is -2.25. The van der Waals surface area contributed by atoms with E-state index in [1.165, 1.54) is 4.90 Å². The predicted octanol–water partition coefficient (Wildman–Crippen LogP) is 3.56. The smallest absolute Gasteiger partial charge is 0.295 e. The summed E-state index contributed by atoms with van der Waals surface area (Å²) in [6.45, 7) is 2.07. The van der Waals surface area contributed by atoms with Gasteiger partial charge in [-0.3, -0.25) is 9.59 Å². The summed E-state index contributed by atoms with van der Waals surface area (Å²) in [5, 5.41) is 20.0. The molecule has 2 aromatic carbocycles. The summed E-state index contributed by atoms with van der Waals surface area (Å²) in [7, 11) is 0. The Kier molecular flexibility index (Phi) is 5.77. The first-order valence-corrected chi connectivity index (χ1v) is 9.45. The van der Waals surface area contributed by atoms with Gasteiger partial charge >= 0.3 is 0 Å². The van der Waals surface area contributed by atoms with E-state index in [2.05, 4.69) is 15.9 Å². The Morgan fingerprint density at radius 2 is 1.70 bits per heavy atom. The Morgan fingerprint density at radius 1 is 1.07 bits per heavy atom. The molecule has 1 aliphatic heterocycles. The van der Waals surface area contributed by atoms with Crippen molar-refractivity contribution in [3.63, 3.8) is 0 Å². The quantitative estimate of drug-likeness (QED) is 0.432. The maximum absolute atomic E-state index is 12.7. The minimum Gasteiger partial charge on any atom is -0.507 e. The molecule has 5 nitrogen and oxygen atoms in total. The third-order valence-corrected chi connectivity index (χ3v) is 5.14. The molecule has 2 N–H and O–H groups in total. The number of likely N-dealkylation sites (tertiary alicyclic amines) is 1. The van der Waals surface area contributed by atoms with E-state index in [-0.39, 0.29) is 24.5 Å². The minimum atomic E-state index is -0.709. The maximum atomic E-state index is 12.7. The molecule has 0 bridgehead atoms. The van der Waals surface area contributed by atoms with E-state index in [4.69, 9.17) is 5.11 Å². The summed E-state index contributed by atoms with van der Waals surface area (Å²) >= 11 is 3.38. The highest BCUT2D eigenvalue weighted by Crippen LogP contribution is 2.39. The summed E-state index contributed by atoms with van der Waals surface area (Å²) in [4.78, 5) is 26.8. The molecule has 0 radical (unpaired) electrons. The molecule has 2 aromatic rings. The fourth-order valence-corrected chi connectivity index (χ4v) is 3.47. The normalized spacial score (nSPS) is 18.9. The van der Waals surface area contributed by atoms with Gasteiger partial charge in [0.2, 0.25) is 0 Å². The summed E-state index contributed by atoms with van der Waals surface area (Å²) in [5.74, 6) is -1.56. The van der Waals surface area contributed by atoms with Gasteiger partial charge in [0.25, 0.3) is 11.7 Å². The Labute approximate surface area is 166 Å². The molecule has 1 aliphatic rings. The summed E-state index contributed by atoms with van der Waals surface area (Å²) in [6, 6.07) is 13.7.